The predicted octanol–water partition coefficient (Wildman–Crippen LogP) is 3.34. The fraction of sp³-hybridized carbons (Fsp3) is 0.545. The first kappa shape index (κ1) is 22.8. The molecule has 2 fully saturated rings. The van der Waals surface area contributed by atoms with E-state index in [0.717, 1.165) is 23.9 Å². The maximum Gasteiger partial charge on any atom is 0.421 e. The summed E-state index contributed by atoms with van der Waals surface area (Å²) < 4.78 is 46.1. The van der Waals surface area contributed by atoms with Crippen LogP contribution in [0.1, 0.15) is 36.5 Å². The highest BCUT2D eigenvalue weighted by molar-refractivity contribution is 5.62. The van der Waals surface area contributed by atoms with Gasteiger partial charge < -0.3 is 25.4 Å². The van der Waals surface area contributed by atoms with Gasteiger partial charge in [0, 0.05) is 25.0 Å². The monoisotopic (exact) mass is 451 g/mol. The summed E-state index contributed by atoms with van der Waals surface area (Å²) in [6.45, 7) is 6.50. The summed E-state index contributed by atoms with van der Waals surface area (Å²) >= 11 is 0. The van der Waals surface area contributed by atoms with Gasteiger partial charge in [0.1, 0.15) is 11.4 Å². The van der Waals surface area contributed by atoms with Gasteiger partial charge in [0.2, 0.25) is 5.95 Å². The van der Waals surface area contributed by atoms with E-state index in [9.17, 15) is 18.3 Å². The predicted molar refractivity (Wildman–Crippen MR) is 115 cm³/mol. The minimum atomic E-state index is -4.58. The lowest BCUT2D eigenvalue weighted by atomic mass is 9.86. The van der Waals surface area contributed by atoms with Crippen LogP contribution >= 0.6 is 0 Å². The first-order valence-electron chi connectivity index (χ1n) is 10.8. The Labute approximate surface area is 185 Å². The number of hydrogen-bond acceptors (Lipinski definition) is 7. The van der Waals surface area contributed by atoms with Gasteiger partial charge in [-0.05, 0) is 43.5 Å². The number of aromatic nitrogens is 2. The highest BCUT2D eigenvalue weighted by atomic mass is 19.4. The van der Waals surface area contributed by atoms with Crippen LogP contribution in [0.4, 0.5) is 30.6 Å². The molecule has 0 radical (unpaired) electrons. The number of likely N-dealkylation sites (N-methyl/N-ethyl adjacent to an activating group) is 1. The van der Waals surface area contributed by atoms with Gasteiger partial charge in [-0.15, -0.1) is 0 Å². The molecule has 7 nitrogen and oxygen atoms in total. The van der Waals surface area contributed by atoms with Gasteiger partial charge in [-0.1, -0.05) is 19.1 Å². The summed E-state index contributed by atoms with van der Waals surface area (Å²) in [6, 6.07) is 5.90. The van der Waals surface area contributed by atoms with Crippen molar-refractivity contribution in [3.05, 3.63) is 41.1 Å². The summed E-state index contributed by atoms with van der Waals surface area (Å²) in [7, 11) is 0. The maximum absolute atomic E-state index is 13.6. The Morgan fingerprint density at radius 1 is 1.31 bits per heavy atom. The molecule has 3 heterocycles. The molecular formula is C22H28F3N5O2. The third-order valence-corrected chi connectivity index (χ3v) is 6.01. The van der Waals surface area contributed by atoms with Crippen molar-refractivity contribution in [3.8, 4) is 0 Å². The van der Waals surface area contributed by atoms with Crippen LogP contribution in [0.3, 0.4) is 0 Å². The average Bonchev–Trinajstić information content (AvgIpc) is 2.71. The molecule has 1 aromatic heterocycles. The molecule has 0 amide bonds. The number of nitrogens with one attached hydrogen (secondary N) is 2. The van der Waals surface area contributed by atoms with E-state index in [1.165, 1.54) is 4.90 Å². The van der Waals surface area contributed by atoms with Gasteiger partial charge >= 0.3 is 6.18 Å². The Kier molecular flexibility index (Phi) is 6.28. The highest BCUT2D eigenvalue weighted by Gasteiger charge is 2.40. The average molecular weight is 451 g/mol. The van der Waals surface area contributed by atoms with Crippen LogP contribution in [-0.2, 0) is 16.5 Å². The third kappa shape index (κ3) is 4.53. The molecule has 32 heavy (non-hydrogen) atoms. The first-order valence-corrected chi connectivity index (χ1v) is 10.8. The third-order valence-electron chi connectivity index (χ3n) is 6.01. The molecule has 2 aliphatic heterocycles. The van der Waals surface area contributed by atoms with Gasteiger partial charge in [0.15, 0.2) is 0 Å². The van der Waals surface area contributed by atoms with Gasteiger partial charge in [-0.25, -0.2) is 4.98 Å². The Morgan fingerprint density at radius 2 is 2.09 bits per heavy atom. The van der Waals surface area contributed by atoms with Crippen LogP contribution in [-0.4, -0.2) is 54.0 Å². The van der Waals surface area contributed by atoms with Crippen LogP contribution in [0.15, 0.2) is 24.4 Å². The van der Waals surface area contributed by atoms with E-state index in [1.807, 2.05) is 32.0 Å². The molecule has 1 aromatic carbocycles. The second-order valence-corrected chi connectivity index (χ2v) is 8.43. The quantitative estimate of drug-likeness (QED) is 0.621. The van der Waals surface area contributed by atoms with Crippen molar-refractivity contribution in [2.75, 3.05) is 43.1 Å². The van der Waals surface area contributed by atoms with Crippen molar-refractivity contribution in [1.29, 1.82) is 0 Å². The lowest BCUT2D eigenvalue weighted by Crippen LogP contribution is -2.57. The zero-order valence-corrected chi connectivity index (χ0v) is 18.2. The zero-order chi connectivity index (χ0) is 22.9. The number of halogens is 3. The molecule has 4 rings (SSSR count). The number of piperidine rings is 1. The summed E-state index contributed by atoms with van der Waals surface area (Å²) in [5, 5.41) is 16.5. The summed E-state index contributed by atoms with van der Waals surface area (Å²) in [5.41, 5.74) is 1.63. The van der Waals surface area contributed by atoms with Crippen molar-refractivity contribution in [3.63, 3.8) is 0 Å². The number of rotatable bonds is 6. The number of aliphatic hydroxyl groups is 1. The molecule has 10 heteroatoms. The maximum atomic E-state index is 13.6. The molecule has 0 saturated carbocycles. The van der Waals surface area contributed by atoms with Crippen LogP contribution in [0, 0.1) is 6.92 Å². The molecule has 3 N–H and O–H groups in total. The number of benzene rings is 1. The van der Waals surface area contributed by atoms with Gasteiger partial charge in [0.25, 0.3) is 0 Å². The second kappa shape index (κ2) is 8.84. The normalized spacial score (nSPS) is 20.7. The first-order chi connectivity index (χ1) is 15.2. The number of alkyl halides is 3. The van der Waals surface area contributed by atoms with E-state index in [-0.39, 0.29) is 23.8 Å². The molecule has 0 aliphatic carbocycles. The molecule has 174 valence electrons. The molecular weight excluding hydrogens is 423 g/mol. The van der Waals surface area contributed by atoms with E-state index >= 15 is 0 Å². The standard InChI is InChI=1S/C22H28F3N5O2/c1-3-27-21(12-32-13-21)15-6-7-18(14(2)9-15)28-20-26-10-17(22(23,24)25)19(29-20)30-8-4-5-16(31)11-30/h6-7,9-10,16,27,31H,3-5,8,11-13H2,1-2H3,(H,26,28,29). The molecule has 2 aromatic rings. The molecule has 2 aliphatic rings. The smallest absolute Gasteiger partial charge is 0.391 e. The fourth-order valence-electron chi connectivity index (χ4n) is 4.26. The van der Waals surface area contributed by atoms with E-state index in [2.05, 4.69) is 20.6 Å². The second-order valence-electron chi connectivity index (χ2n) is 8.43. The molecule has 0 bridgehead atoms. The van der Waals surface area contributed by atoms with E-state index in [4.69, 9.17) is 4.74 Å². The number of nitrogens with zero attached hydrogens (tertiary/aromatic N) is 3. The Morgan fingerprint density at radius 3 is 2.69 bits per heavy atom. The zero-order valence-electron chi connectivity index (χ0n) is 18.2. The lowest BCUT2D eigenvalue weighted by molar-refractivity contribution is -0.137. The van der Waals surface area contributed by atoms with Crippen molar-refractivity contribution < 1.29 is 23.0 Å². The van der Waals surface area contributed by atoms with Crippen molar-refractivity contribution in [2.24, 2.45) is 0 Å². The summed E-state index contributed by atoms with van der Waals surface area (Å²) in [5.74, 6) is -0.127. The molecule has 2 saturated heterocycles. The van der Waals surface area contributed by atoms with Crippen molar-refractivity contribution in [1.82, 2.24) is 15.3 Å². The largest absolute Gasteiger partial charge is 0.421 e. The molecule has 1 unspecified atom stereocenters. The number of anilines is 3. The highest BCUT2D eigenvalue weighted by Crippen LogP contribution is 2.37. The Balaban J connectivity index is 1.61. The topological polar surface area (TPSA) is 82.5 Å². The van der Waals surface area contributed by atoms with Crippen LogP contribution < -0.4 is 15.5 Å². The van der Waals surface area contributed by atoms with E-state index in [1.54, 1.807) is 0 Å². The SMILES string of the molecule is CCNC1(c2ccc(Nc3ncc(C(F)(F)F)c(N4CCCC(O)C4)n3)c(C)c2)COC1. The van der Waals surface area contributed by atoms with E-state index < -0.39 is 17.8 Å². The Hall–Kier alpha value is -2.43. The number of aliphatic hydroxyl groups excluding tert-OH is 1. The number of aryl methyl sites for hydroxylation is 1. The lowest BCUT2D eigenvalue weighted by Gasteiger charge is -2.42. The minimum Gasteiger partial charge on any atom is -0.391 e. The molecule has 0 spiro atoms. The summed E-state index contributed by atoms with van der Waals surface area (Å²) in [6.07, 6.45) is -3.28. The number of ether oxygens (including phenoxy) is 1. The van der Waals surface area contributed by atoms with Crippen LogP contribution in [0.2, 0.25) is 0 Å². The number of β-amino-alcohol motifs (C(OH)–C–C–N with tert-alkyl or cyclic N) is 1. The summed E-state index contributed by atoms with van der Waals surface area (Å²) in [4.78, 5) is 9.60. The van der Waals surface area contributed by atoms with Crippen molar-refractivity contribution >= 4 is 17.5 Å². The fourth-order valence-corrected chi connectivity index (χ4v) is 4.26. The van der Waals surface area contributed by atoms with Gasteiger partial charge in [-0.2, -0.15) is 18.2 Å². The van der Waals surface area contributed by atoms with E-state index in [0.29, 0.717) is 38.3 Å². The Bertz CT molecular complexity index is 965. The van der Waals surface area contributed by atoms with Gasteiger partial charge in [-0.3, -0.25) is 0 Å². The van der Waals surface area contributed by atoms with Gasteiger partial charge in [0.05, 0.1) is 24.9 Å². The van der Waals surface area contributed by atoms with Crippen LogP contribution in [0.25, 0.3) is 0 Å². The van der Waals surface area contributed by atoms with Crippen molar-refractivity contribution in [2.45, 2.75) is 44.5 Å². The molecule has 1 atom stereocenters. The van der Waals surface area contributed by atoms with Crippen LogP contribution in [0.5, 0.6) is 0 Å². The minimum absolute atomic E-state index is 0.0808. The number of hydrogen-bond donors (Lipinski definition) is 3.